The summed E-state index contributed by atoms with van der Waals surface area (Å²) >= 11 is 0. The SMILES string of the molecule is Cc1ncc2c(n1)C1(CCCN(S(=O)(=O)c3ccc4c(c3)n(C)c(=O)n4C)C1)CC2. The van der Waals surface area contributed by atoms with Crippen LogP contribution in [-0.4, -0.2) is 44.9 Å². The predicted molar refractivity (Wildman–Crippen MR) is 113 cm³/mol. The van der Waals surface area contributed by atoms with Gasteiger partial charge < -0.3 is 0 Å². The molecular weight excluding hydrogens is 402 g/mol. The highest BCUT2D eigenvalue weighted by atomic mass is 32.2. The van der Waals surface area contributed by atoms with E-state index in [-0.39, 0.29) is 16.0 Å². The fraction of sp³-hybridized carbons (Fsp3) is 0.476. The van der Waals surface area contributed by atoms with Gasteiger partial charge in [0.1, 0.15) is 5.82 Å². The number of nitrogens with zero attached hydrogens (tertiary/aromatic N) is 5. The van der Waals surface area contributed by atoms with Gasteiger partial charge in [-0.05, 0) is 56.4 Å². The van der Waals surface area contributed by atoms with Crippen LogP contribution in [0.4, 0.5) is 0 Å². The van der Waals surface area contributed by atoms with Gasteiger partial charge in [0, 0.05) is 38.8 Å². The summed E-state index contributed by atoms with van der Waals surface area (Å²) in [5.41, 5.74) is 3.08. The van der Waals surface area contributed by atoms with Crippen LogP contribution in [-0.2, 0) is 36.0 Å². The molecule has 1 aliphatic carbocycles. The van der Waals surface area contributed by atoms with Crippen molar-refractivity contribution in [1.82, 2.24) is 23.4 Å². The number of rotatable bonds is 2. The Kier molecular flexibility index (Phi) is 4.20. The van der Waals surface area contributed by atoms with Crippen molar-refractivity contribution in [1.29, 1.82) is 0 Å². The molecule has 1 aliphatic heterocycles. The van der Waals surface area contributed by atoms with Gasteiger partial charge in [0.2, 0.25) is 10.0 Å². The number of fused-ring (bicyclic) bond motifs is 3. The quantitative estimate of drug-likeness (QED) is 0.620. The van der Waals surface area contributed by atoms with Crippen LogP contribution in [0.5, 0.6) is 0 Å². The largest absolute Gasteiger partial charge is 0.328 e. The highest BCUT2D eigenvalue weighted by molar-refractivity contribution is 7.89. The summed E-state index contributed by atoms with van der Waals surface area (Å²) in [5, 5.41) is 0. The summed E-state index contributed by atoms with van der Waals surface area (Å²) in [6.45, 7) is 2.81. The molecule has 3 heterocycles. The number of benzene rings is 1. The zero-order valence-electron chi connectivity index (χ0n) is 17.4. The first-order valence-corrected chi connectivity index (χ1v) is 11.7. The Morgan fingerprint density at radius 3 is 2.67 bits per heavy atom. The van der Waals surface area contributed by atoms with E-state index in [1.165, 1.54) is 9.13 Å². The molecule has 3 aromatic rings. The number of imidazole rings is 1. The molecule has 1 unspecified atom stereocenters. The summed E-state index contributed by atoms with van der Waals surface area (Å²) in [7, 11) is -0.334. The number of hydrogen-bond acceptors (Lipinski definition) is 5. The topological polar surface area (TPSA) is 90.1 Å². The Bertz CT molecular complexity index is 1340. The van der Waals surface area contributed by atoms with Gasteiger partial charge in [0.15, 0.2) is 0 Å². The monoisotopic (exact) mass is 427 g/mol. The van der Waals surface area contributed by atoms with E-state index in [0.717, 1.165) is 42.8 Å². The van der Waals surface area contributed by atoms with Crippen LogP contribution in [0.2, 0.25) is 0 Å². The Morgan fingerprint density at radius 2 is 1.87 bits per heavy atom. The molecule has 0 bridgehead atoms. The average molecular weight is 428 g/mol. The second-order valence-electron chi connectivity index (χ2n) is 8.56. The van der Waals surface area contributed by atoms with Crippen LogP contribution in [0.1, 0.15) is 36.3 Å². The van der Waals surface area contributed by atoms with Crippen LogP contribution in [0.25, 0.3) is 11.0 Å². The van der Waals surface area contributed by atoms with Gasteiger partial charge >= 0.3 is 5.69 Å². The van der Waals surface area contributed by atoms with Gasteiger partial charge in [0.25, 0.3) is 0 Å². The second-order valence-corrected chi connectivity index (χ2v) is 10.5. The number of aromatic nitrogens is 4. The molecule has 8 nitrogen and oxygen atoms in total. The Balaban J connectivity index is 1.55. The third-order valence-electron chi connectivity index (χ3n) is 6.78. The summed E-state index contributed by atoms with van der Waals surface area (Å²) in [4.78, 5) is 21.5. The van der Waals surface area contributed by atoms with Crippen molar-refractivity contribution in [2.45, 2.75) is 42.9 Å². The summed E-state index contributed by atoms with van der Waals surface area (Å²) in [5.74, 6) is 0.727. The molecule has 158 valence electrons. The zero-order chi connectivity index (χ0) is 21.3. The molecule has 2 aliphatic rings. The molecule has 9 heteroatoms. The van der Waals surface area contributed by atoms with E-state index in [1.807, 2.05) is 13.1 Å². The van der Waals surface area contributed by atoms with Gasteiger partial charge in [-0.3, -0.25) is 9.13 Å². The van der Waals surface area contributed by atoms with Crippen molar-refractivity contribution >= 4 is 21.1 Å². The first-order valence-electron chi connectivity index (χ1n) is 10.2. The molecule has 2 aromatic heterocycles. The lowest BCUT2D eigenvalue weighted by Crippen LogP contribution is -2.47. The van der Waals surface area contributed by atoms with Gasteiger partial charge in [-0.15, -0.1) is 0 Å². The van der Waals surface area contributed by atoms with Crippen molar-refractivity contribution in [3.05, 3.63) is 52.0 Å². The highest BCUT2D eigenvalue weighted by Gasteiger charge is 2.46. The van der Waals surface area contributed by atoms with Gasteiger partial charge in [0.05, 0.1) is 21.6 Å². The molecule has 1 saturated heterocycles. The molecule has 1 aromatic carbocycles. The van der Waals surface area contributed by atoms with Gasteiger partial charge in [-0.2, -0.15) is 4.31 Å². The number of piperidine rings is 1. The molecular formula is C21H25N5O3S. The maximum absolute atomic E-state index is 13.6. The minimum atomic E-state index is -3.68. The van der Waals surface area contributed by atoms with E-state index < -0.39 is 10.0 Å². The first-order chi connectivity index (χ1) is 14.2. The Labute approximate surface area is 175 Å². The lowest BCUT2D eigenvalue weighted by atomic mass is 9.78. The van der Waals surface area contributed by atoms with E-state index in [0.29, 0.717) is 24.1 Å². The second kappa shape index (κ2) is 6.49. The summed E-state index contributed by atoms with van der Waals surface area (Å²) in [6, 6.07) is 4.93. The number of hydrogen-bond donors (Lipinski definition) is 0. The van der Waals surface area contributed by atoms with Crippen LogP contribution < -0.4 is 5.69 Å². The minimum Gasteiger partial charge on any atom is -0.295 e. The fourth-order valence-electron chi connectivity index (χ4n) is 5.12. The fourth-order valence-corrected chi connectivity index (χ4v) is 6.70. The van der Waals surface area contributed by atoms with E-state index in [9.17, 15) is 13.2 Å². The standard InChI is InChI=1S/C21H25N5O3S/c1-14-22-12-15-7-9-21(19(15)23-14)8-4-10-26(13-21)30(28,29)16-5-6-17-18(11-16)25(3)20(27)24(17)2/h5-6,11-12H,4,7-10,13H2,1-3H3. The van der Waals surface area contributed by atoms with Crippen LogP contribution >= 0.6 is 0 Å². The predicted octanol–water partition coefficient (Wildman–Crippen LogP) is 1.64. The van der Waals surface area contributed by atoms with Crippen molar-refractivity contribution in [3.63, 3.8) is 0 Å². The van der Waals surface area contributed by atoms with Crippen LogP contribution in [0, 0.1) is 6.92 Å². The Morgan fingerprint density at radius 1 is 1.10 bits per heavy atom. The van der Waals surface area contributed by atoms with Crippen molar-refractivity contribution in [3.8, 4) is 0 Å². The van der Waals surface area contributed by atoms with Gasteiger partial charge in [-0.1, -0.05) is 0 Å². The molecule has 30 heavy (non-hydrogen) atoms. The molecule has 0 saturated carbocycles. The molecule has 0 N–H and O–H groups in total. The van der Waals surface area contributed by atoms with E-state index in [2.05, 4.69) is 4.98 Å². The van der Waals surface area contributed by atoms with E-state index >= 15 is 0 Å². The molecule has 5 rings (SSSR count). The lowest BCUT2D eigenvalue weighted by Gasteiger charge is -2.39. The van der Waals surface area contributed by atoms with Crippen molar-refractivity contribution in [2.24, 2.45) is 14.1 Å². The normalized spacial score (nSPS) is 22.1. The van der Waals surface area contributed by atoms with Crippen LogP contribution in [0.15, 0.2) is 34.1 Å². The average Bonchev–Trinajstić information content (AvgIpc) is 3.18. The lowest BCUT2D eigenvalue weighted by molar-refractivity contribution is 0.219. The molecule has 1 atom stereocenters. The zero-order valence-corrected chi connectivity index (χ0v) is 18.2. The minimum absolute atomic E-state index is 0.172. The Hall–Kier alpha value is -2.52. The maximum Gasteiger partial charge on any atom is 0.328 e. The molecule has 1 fully saturated rings. The summed E-state index contributed by atoms with van der Waals surface area (Å²) < 4.78 is 31.7. The van der Waals surface area contributed by atoms with E-state index in [1.54, 1.807) is 36.6 Å². The number of aryl methyl sites for hydroxylation is 4. The molecule has 0 radical (unpaired) electrons. The third kappa shape index (κ3) is 2.68. The third-order valence-corrected chi connectivity index (χ3v) is 8.62. The number of sulfonamides is 1. The maximum atomic E-state index is 13.6. The summed E-state index contributed by atoms with van der Waals surface area (Å²) in [6.07, 6.45) is 5.42. The van der Waals surface area contributed by atoms with Crippen molar-refractivity contribution < 1.29 is 8.42 Å². The smallest absolute Gasteiger partial charge is 0.295 e. The van der Waals surface area contributed by atoms with Gasteiger partial charge in [-0.25, -0.2) is 23.2 Å². The molecule has 0 amide bonds. The van der Waals surface area contributed by atoms with Crippen molar-refractivity contribution in [2.75, 3.05) is 13.1 Å². The molecule has 1 spiro atoms. The highest BCUT2D eigenvalue weighted by Crippen LogP contribution is 2.44. The first kappa shape index (κ1) is 19.4. The van der Waals surface area contributed by atoms with Crippen LogP contribution in [0.3, 0.4) is 0 Å². The van der Waals surface area contributed by atoms with E-state index in [4.69, 9.17) is 4.98 Å².